The molecule has 0 atom stereocenters. The van der Waals surface area contributed by atoms with Crippen molar-refractivity contribution in [2.75, 3.05) is 69.8 Å². The molecule has 1 aromatic carbocycles. The lowest BCUT2D eigenvalue weighted by Crippen LogP contribution is -2.56. The van der Waals surface area contributed by atoms with Crippen LogP contribution in [0.1, 0.15) is 46.1 Å². The van der Waals surface area contributed by atoms with Gasteiger partial charge in [0.05, 0.1) is 37.6 Å². The van der Waals surface area contributed by atoms with E-state index < -0.39 is 11.2 Å². The molecule has 3 aromatic rings. The molecule has 3 saturated heterocycles. The third-order valence-electron chi connectivity index (χ3n) is 8.95. The van der Waals surface area contributed by atoms with Gasteiger partial charge in [-0.2, -0.15) is 10.2 Å². The van der Waals surface area contributed by atoms with Crippen LogP contribution in [0.3, 0.4) is 0 Å². The van der Waals surface area contributed by atoms with E-state index >= 15 is 0 Å². The van der Waals surface area contributed by atoms with E-state index in [1.54, 1.807) is 36.4 Å². The van der Waals surface area contributed by atoms with E-state index in [-0.39, 0.29) is 6.09 Å². The second-order valence-electron chi connectivity index (χ2n) is 13.7. The number of likely N-dealkylation sites (tertiary alicyclic amines) is 1. The molecule has 0 saturated carbocycles. The van der Waals surface area contributed by atoms with Crippen LogP contribution < -0.4 is 19.7 Å². The summed E-state index contributed by atoms with van der Waals surface area (Å²) < 4.78 is 23.0. The molecule has 5 heterocycles. The number of piperidine rings is 1. The van der Waals surface area contributed by atoms with E-state index in [1.807, 2.05) is 45.9 Å². The molecule has 3 aliphatic rings. The lowest BCUT2D eigenvalue weighted by Gasteiger charge is -2.43. The molecule has 6 rings (SSSR count). The van der Waals surface area contributed by atoms with Gasteiger partial charge in [-0.3, -0.25) is 4.90 Å². The Morgan fingerprint density at radius 3 is 2.44 bits per heavy atom. The molecule has 0 spiro atoms. The standard InChI is InChI=1S/C35H44N8O5/c1-34(2,3)48-33(44)43-14-11-35(4,12-15-43)47-29-8-6-24(20-25(29)21-36)27-10-13-37-32(38-27)40-30-9-7-28(31(39-30)45-5)42-18-16-41(17-19-42)26-22-46-23-26/h6-10,13,20,26H,11-12,14-19,22-23H2,1-5H3,(H,37,38,39,40). The van der Waals surface area contributed by atoms with Gasteiger partial charge in [0.25, 0.3) is 0 Å². The first-order valence-electron chi connectivity index (χ1n) is 16.5. The number of carbonyl (C=O) groups excluding carboxylic acids is 1. The number of nitrogens with one attached hydrogen (secondary N) is 1. The second-order valence-corrected chi connectivity index (χ2v) is 13.7. The monoisotopic (exact) mass is 656 g/mol. The Labute approximate surface area is 281 Å². The van der Waals surface area contributed by atoms with E-state index in [0.29, 0.717) is 66.6 Å². The van der Waals surface area contributed by atoms with Crippen molar-refractivity contribution in [3.05, 3.63) is 48.2 Å². The molecule has 254 valence electrons. The Morgan fingerprint density at radius 2 is 1.79 bits per heavy atom. The number of ether oxygens (including phenoxy) is 4. The molecule has 0 bridgehead atoms. The van der Waals surface area contributed by atoms with Crippen molar-refractivity contribution >= 4 is 23.5 Å². The van der Waals surface area contributed by atoms with Crippen molar-refractivity contribution in [3.8, 4) is 29.0 Å². The number of methoxy groups -OCH3 is 1. The van der Waals surface area contributed by atoms with Gasteiger partial charge < -0.3 is 34.1 Å². The summed E-state index contributed by atoms with van der Waals surface area (Å²) in [6.07, 6.45) is 2.58. The smallest absolute Gasteiger partial charge is 0.410 e. The van der Waals surface area contributed by atoms with Gasteiger partial charge in [-0.1, -0.05) is 0 Å². The summed E-state index contributed by atoms with van der Waals surface area (Å²) in [7, 11) is 1.63. The van der Waals surface area contributed by atoms with Gasteiger partial charge in [0.1, 0.15) is 34.5 Å². The van der Waals surface area contributed by atoms with Crippen LogP contribution in [0, 0.1) is 11.3 Å². The van der Waals surface area contributed by atoms with Gasteiger partial charge in [-0.05, 0) is 64.1 Å². The fraction of sp³-hybridized carbons (Fsp3) is 0.514. The number of hydrogen-bond acceptors (Lipinski definition) is 12. The Bertz CT molecular complexity index is 1650. The van der Waals surface area contributed by atoms with E-state index in [2.05, 4.69) is 26.2 Å². The minimum absolute atomic E-state index is 0.318. The molecule has 13 heteroatoms. The van der Waals surface area contributed by atoms with Crippen LogP contribution in [-0.2, 0) is 9.47 Å². The van der Waals surface area contributed by atoms with Crippen LogP contribution in [0.5, 0.6) is 11.6 Å². The highest BCUT2D eigenvalue weighted by atomic mass is 16.6. The summed E-state index contributed by atoms with van der Waals surface area (Å²) in [5, 5.41) is 13.2. The maximum absolute atomic E-state index is 12.5. The predicted molar refractivity (Wildman–Crippen MR) is 181 cm³/mol. The number of carbonyl (C=O) groups is 1. The number of pyridine rings is 1. The molecule has 1 amide bonds. The number of rotatable bonds is 8. The number of nitrogens with zero attached hydrogens (tertiary/aromatic N) is 7. The summed E-state index contributed by atoms with van der Waals surface area (Å²) in [5.41, 5.74) is 1.68. The van der Waals surface area contributed by atoms with Crippen molar-refractivity contribution < 1.29 is 23.7 Å². The summed E-state index contributed by atoms with van der Waals surface area (Å²) in [4.78, 5) is 32.8. The largest absolute Gasteiger partial charge is 0.486 e. The summed E-state index contributed by atoms with van der Waals surface area (Å²) in [6.45, 7) is 14.0. The lowest BCUT2D eigenvalue weighted by molar-refractivity contribution is -0.0660. The Kier molecular flexibility index (Phi) is 9.57. The maximum atomic E-state index is 12.5. The number of anilines is 3. The maximum Gasteiger partial charge on any atom is 0.410 e. The number of aromatic nitrogens is 3. The van der Waals surface area contributed by atoms with Gasteiger partial charge in [-0.15, -0.1) is 0 Å². The van der Waals surface area contributed by atoms with Crippen LogP contribution in [0.4, 0.5) is 22.2 Å². The first-order chi connectivity index (χ1) is 23.0. The molecule has 0 radical (unpaired) electrons. The zero-order chi connectivity index (χ0) is 33.9. The molecule has 48 heavy (non-hydrogen) atoms. The number of piperazine rings is 1. The van der Waals surface area contributed by atoms with E-state index in [9.17, 15) is 10.1 Å². The molecular formula is C35H44N8O5. The van der Waals surface area contributed by atoms with Crippen LogP contribution in [0.25, 0.3) is 11.3 Å². The van der Waals surface area contributed by atoms with Gasteiger partial charge in [0.15, 0.2) is 0 Å². The molecule has 3 fully saturated rings. The molecule has 3 aliphatic heterocycles. The number of benzene rings is 1. The minimum atomic E-state index is -0.546. The van der Waals surface area contributed by atoms with Crippen molar-refractivity contribution in [1.29, 1.82) is 5.26 Å². The highest BCUT2D eigenvalue weighted by Crippen LogP contribution is 2.34. The Balaban J connectivity index is 1.10. The van der Waals surface area contributed by atoms with Crippen LogP contribution in [0.2, 0.25) is 0 Å². The van der Waals surface area contributed by atoms with Crippen molar-refractivity contribution in [2.24, 2.45) is 0 Å². The zero-order valence-electron chi connectivity index (χ0n) is 28.4. The number of amides is 1. The summed E-state index contributed by atoms with van der Waals surface area (Å²) >= 11 is 0. The topological polar surface area (TPSA) is 138 Å². The highest BCUT2D eigenvalue weighted by molar-refractivity contribution is 5.68. The predicted octanol–water partition coefficient (Wildman–Crippen LogP) is 4.85. The number of nitriles is 1. The summed E-state index contributed by atoms with van der Waals surface area (Å²) in [5.74, 6) is 1.96. The first kappa shape index (κ1) is 33.2. The Morgan fingerprint density at radius 1 is 1.04 bits per heavy atom. The zero-order valence-corrected chi connectivity index (χ0v) is 28.4. The molecule has 0 unspecified atom stereocenters. The molecule has 2 aromatic heterocycles. The van der Waals surface area contributed by atoms with Crippen molar-refractivity contribution in [1.82, 2.24) is 24.8 Å². The van der Waals surface area contributed by atoms with Crippen LogP contribution in [0.15, 0.2) is 42.6 Å². The average Bonchev–Trinajstić information content (AvgIpc) is 3.04. The quantitative estimate of drug-likeness (QED) is 0.355. The third-order valence-corrected chi connectivity index (χ3v) is 8.95. The lowest BCUT2D eigenvalue weighted by atomic mass is 9.93. The normalized spacial score (nSPS) is 18.4. The molecule has 13 nitrogen and oxygen atoms in total. The highest BCUT2D eigenvalue weighted by Gasteiger charge is 2.36. The van der Waals surface area contributed by atoms with Crippen LogP contribution >= 0.6 is 0 Å². The van der Waals surface area contributed by atoms with Crippen molar-refractivity contribution in [3.63, 3.8) is 0 Å². The van der Waals surface area contributed by atoms with Gasteiger partial charge in [-0.25, -0.2) is 14.8 Å². The molecular weight excluding hydrogens is 612 g/mol. The van der Waals surface area contributed by atoms with Crippen molar-refractivity contribution in [2.45, 2.75) is 57.8 Å². The SMILES string of the molecule is COc1nc(Nc2nccc(-c3ccc(OC4(C)CCN(C(=O)OC(C)(C)C)CC4)c(C#N)c3)n2)ccc1N1CCN(C2COC2)CC1. The fourth-order valence-electron chi connectivity index (χ4n) is 6.07. The third kappa shape index (κ3) is 7.72. The van der Waals surface area contributed by atoms with E-state index in [4.69, 9.17) is 28.9 Å². The minimum Gasteiger partial charge on any atom is -0.486 e. The average molecular weight is 657 g/mol. The Hall–Kier alpha value is -4.67. The second kappa shape index (κ2) is 13.8. The molecule has 1 N–H and O–H groups in total. The number of hydrogen-bond donors (Lipinski definition) is 1. The van der Waals surface area contributed by atoms with Crippen LogP contribution in [-0.4, -0.2) is 108 Å². The summed E-state index contributed by atoms with van der Waals surface area (Å²) in [6, 6.07) is 14.0. The van der Waals surface area contributed by atoms with Gasteiger partial charge in [0, 0.05) is 63.9 Å². The van der Waals surface area contributed by atoms with E-state index in [0.717, 1.165) is 50.6 Å². The fourth-order valence-corrected chi connectivity index (χ4v) is 6.07. The van der Waals surface area contributed by atoms with E-state index in [1.165, 1.54) is 0 Å². The molecule has 0 aliphatic carbocycles. The van der Waals surface area contributed by atoms with Gasteiger partial charge in [0.2, 0.25) is 11.8 Å². The first-order valence-corrected chi connectivity index (χ1v) is 16.5. The van der Waals surface area contributed by atoms with Gasteiger partial charge >= 0.3 is 6.09 Å².